The first-order valence-corrected chi connectivity index (χ1v) is 7.54. The molecular weight excluding hydrogens is 301 g/mol. The van der Waals surface area contributed by atoms with Crippen LogP contribution >= 0.6 is 0 Å². The number of nitrogens with zero attached hydrogens (tertiary/aromatic N) is 1. The molecule has 0 N–H and O–H groups in total. The van der Waals surface area contributed by atoms with E-state index in [1.165, 1.54) is 12.1 Å². The average molecular weight is 315 g/mol. The monoisotopic (exact) mass is 315 g/mol. The van der Waals surface area contributed by atoms with Gasteiger partial charge in [0.2, 0.25) is 0 Å². The first-order chi connectivity index (χ1) is 11.7. The number of carbonyl (C=O) groups is 1. The zero-order valence-electron chi connectivity index (χ0n) is 12.8. The Morgan fingerprint density at radius 1 is 0.875 bits per heavy atom. The van der Waals surface area contributed by atoms with Crippen LogP contribution in [0.1, 0.15) is 33.0 Å². The van der Waals surface area contributed by atoms with E-state index >= 15 is 0 Å². The van der Waals surface area contributed by atoms with Gasteiger partial charge in [-0.3, -0.25) is 4.79 Å². The Labute approximate surface area is 139 Å². The van der Waals surface area contributed by atoms with Gasteiger partial charge in [0, 0.05) is 11.1 Å². The lowest BCUT2D eigenvalue weighted by atomic mass is 9.86. The van der Waals surface area contributed by atoms with Crippen LogP contribution in [0.3, 0.4) is 0 Å². The summed E-state index contributed by atoms with van der Waals surface area (Å²) in [5, 5.41) is 9.62. The third-order valence-electron chi connectivity index (χ3n) is 3.88. The highest BCUT2D eigenvalue weighted by Crippen LogP contribution is 2.28. The lowest BCUT2D eigenvalue weighted by molar-refractivity contribution is 0.103. The van der Waals surface area contributed by atoms with Crippen molar-refractivity contribution in [2.75, 3.05) is 0 Å². The number of hydrogen-bond acceptors (Lipinski definition) is 2. The zero-order chi connectivity index (χ0) is 16.9. The van der Waals surface area contributed by atoms with Gasteiger partial charge in [-0.1, -0.05) is 66.7 Å². The Bertz CT molecular complexity index is 895. The number of nitriles is 1. The molecule has 0 unspecified atom stereocenters. The SMILES string of the molecule is N#C[C@@H](c1ccc(F)cc1)c1ccccc1C(=O)c1ccccc1. The molecule has 24 heavy (non-hydrogen) atoms. The number of halogens is 1. The third-order valence-corrected chi connectivity index (χ3v) is 3.88. The predicted octanol–water partition coefficient (Wildman–Crippen LogP) is 4.71. The van der Waals surface area contributed by atoms with Crippen LogP contribution in [0.15, 0.2) is 78.9 Å². The Balaban J connectivity index is 2.07. The molecule has 0 aliphatic heterocycles. The fourth-order valence-electron chi connectivity index (χ4n) is 2.68. The summed E-state index contributed by atoms with van der Waals surface area (Å²) in [7, 11) is 0. The average Bonchev–Trinajstić information content (AvgIpc) is 2.64. The lowest BCUT2D eigenvalue weighted by Crippen LogP contribution is -2.09. The molecule has 3 aromatic carbocycles. The summed E-state index contributed by atoms with van der Waals surface area (Å²) in [4.78, 5) is 12.8. The molecule has 0 bridgehead atoms. The maximum atomic E-state index is 13.1. The maximum Gasteiger partial charge on any atom is 0.193 e. The molecule has 116 valence electrons. The van der Waals surface area contributed by atoms with Crippen molar-refractivity contribution < 1.29 is 9.18 Å². The minimum atomic E-state index is -0.630. The van der Waals surface area contributed by atoms with E-state index < -0.39 is 5.92 Å². The second kappa shape index (κ2) is 6.89. The van der Waals surface area contributed by atoms with E-state index in [4.69, 9.17) is 0 Å². The molecule has 3 heteroatoms. The molecule has 2 nitrogen and oxygen atoms in total. The summed E-state index contributed by atoms with van der Waals surface area (Å²) in [6, 6.07) is 24.0. The van der Waals surface area contributed by atoms with Crippen molar-refractivity contribution >= 4 is 5.78 Å². The van der Waals surface area contributed by atoms with Crippen LogP contribution in [-0.4, -0.2) is 5.78 Å². The summed E-state index contributed by atoms with van der Waals surface area (Å²) in [5.74, 6) is -1.12. The summed E-state index contributed by atoms with van der Waals surface area (Å²) < 4.78 is 13.1. The van der Waals surface area contributed by atoms with E-state index in [1.54, 1.807) is 60.7 Å². The number of rotatable bonds is 4. The zero-order valence-corrected chi connectivity index (χ0v) is 12.8. The largest absolute Gasteiger partial charge is 0.289 e. The standard InChI is InChI=1S/C21H14FNO/c22-17-12-10-15(11-13-17)20(14-23)18-8-4-5-9-19(18)21(24)16-6-2-1-3-7-16/h1-13,20H/t20-/m0/s1. The van der Waals surface area contributed by atoms with E-state index in [9.17, 15) is 14.4 Å². The van der Waals surface area contributed by atoms with Gasteiger partial charge >= 0.3 is 0 Å². The van der Waals surface area contributed by atoms with Crippen LogP contribution in [0.5, 0.6) is 0 Å². The number of ketones is 1. The van der Waals surface area contributed by atoms with E-state index in [0.29, 0.717) is 22.3 Å². The van der Waals surface area contributed by atoms with E-state index in [-0.39, 0.29) is 11.6 Å². The van der Waals surface area contributed by atoms with Gasteiger partial charge in [0.25, 0.3) is 0 Å². The van der Waals surface area contributed by atoms with Crippen LogP contribution < -0.4 is 0 Å². The summed E-state index contributed by atoms with van der Waals surface area (Å²) in [6.07, 6.45) is 0. The molecule has 0 heterocycles. The van der Waals surface area contributed by atoms with E-state index in [1.807, 2.05) is 6.07 Å². The lowest BCUT2D eigenvalue weighted by Gasteiger charge is -2.14. The minimum Gasteiger partial charge on any atom is -0.289 e. The van der Waals surface area contributed by atoms with Gasteiger partial charge in [-0.05, 0) is 23.3 Å². The molecule has 0 saturated carbocycles. The van der Waals surface area contributed by atoms with Crippen molar-refractivity contribution in [1.29, 1.82) is 5.26 Å². The molecule has 0 radical (unpaired) electrons. The second-order valence-corrected chi connectivity index (χ2v) is 5.40. The first kappa shape index (κ1) is 15.6. The second-order valence-electron chi connectivity index (χ2n) is 5.40. The normalized spacial score (nSPS) is 11.5. The molecule has 0 spiro atoms. The van der Waals surface area contributed by atoms with Gasteiger partial charge < -0.3 is 0 Å². The topological polar surface area (TPSA) is 40.9 Å². The van der Waals surface area contributed by atoms with Crippen molar-refractivity contribution in [2.45, 2.75) is 5.92 Å². The highest BCUT2D eigenvalue weighted by Gasteiger charge is 2.21. The van der Waals surface area contributed by atoms with Crippen molar-refractivity contribution in [3.05, 3.63) is 107 Å². The Morgan fingerprint density at radius 2 is 1.50 bits per heavy atom. The Morgan fingerprint density at radius 3 is 2.17 bits per heavy atom. The number of carbonyl (C=O) groups excluding carboxylic acids is 1. The quantitative estimate of drug-likeness (QED) is 0.654. The summed E-state index contributed by atoms with van der Waals surface area (Å²) in [5.41, 5.74) is 2.34. The summed E-state index contributed by atoms with van der Waals surface area (Å²) >= 11 is 0. The fraction of sp³-hybridized carbons (Fsp3) is 0.0476. The van der Waals surface area contributed by atoms with E-state index in [2.05, 4.69) is 6.07 Å². The number of benzene rings is 3. The van der Waals surface area contributed by atoms with Crippen molar-refractivity contribution in [2.24, 2.45) is 0 Å². The summed E-state index contributed by atoms with van der Waals surface area (Å²) in [6.45, 7) is 0. The Kier molecular flexibility index (Phi) is 4.49. The molecule has 0 fully saturated rings. The van der Waals surface area contributed by atoms with Gasteiger partial charge in [0.15, 0.2) is 5.78 Å². The minimum absolute atomic E-state index is 0.131. The smallest absolute Gasteiger partial charge is 0.193 e. The molecule has 0 aliphatic carbocycles. The Hall–Kier alpha value is -3.25. The molecule has 0 saturated heterocycles. The van der Waals surface area contributed by atoms with E-state index in [0.717, 1.165) is 0 Å². The van der Waals surface area contributed by atoms with Gasteiger partial charge in [-0.25, -0.2) is 4.39 Å². The predicted molar refractivity (Wildman–Crippen MR) is 90.2 cm³/mol. The van der Waals surface area contributed by atoms with Crippen LogP contribution in [0, 0.1) is 17.1 Å². The van der Waals surface area contributed by atoms with Crippen molar-refractivity contribution in [1.82, 2.24) is 0 Å². The van der Waals surface area contributed by atoms with Crippen LogP contribution in [-0.2, 0) is 0 Å². The van der Waals surface area contributed by atoms with Crippen LogP contribution in [0.2, 0.25) is 0 Å². The highest BCUT2D eigenvalue weighted by molar-refractivity contribution is 6.10. The molecule has 0 aliphatic rings. The van der Waals surface area contributed by atoms with Crippen LogP contribution in [0.4, 0.5) is 4.39 Å². The van der Waals surface area contributed by atoms with Gasteiger partial charge in [-0.2, -0.15) is 5.26 Å². The molecular formula is C21H14FNO. The number of hydrogen-bond donors (Lipinski definition) is 0. The fourth-order valence-corrected chi connectivity index (χ4v) is 2.68. The van der Waals surface area contributed by atoms with Gasteiger partial charge in [0.05, 0.1) is 12.0 Å². The van der Waals surface area contributed by atoms with Crippen molar-refractivity contribution in [3.63, 3.8) is 0 Å². The maximum absolute atomic E-state index is 13.1. The van der Waals surface area contributed by atoms with Gasteiger partial charge in [0.1, 0.15) is 5.82 Å². The third kappa shape index (κ3) is 3.09. The molecule has 0 aromatic heterocycles. The van der Waals surface area contributed by atoms with Gasteiger partial charge in [-0.15, -0.1) is 0 Å². The van der Waals surface area contributed by atoms with Crippen molar-refractivity contribution in [3.8, 4) is 6.07 Å². The molecule has 3 rings (SSSR count). The highest BCUT2D eigenvalue weighted by atomic mass is 19.1. The molecule has 0 amide bonds. The first-order valence-electron chi connectivity index (χ1n) is 7.54. The van der Waals surface area contributed by atoms with Crippen LogP contribution in [0.25, 0.3) is 0 Å². The molecule has 3 aromatic rings. The molecule has 1 atom stereocenters.